The van der Waals surface area contributed by atoms with Crippen molar-refractivity contribution in [2.45, 2.75) is 51.4 Å². The van der Waals surface area contributed by atoms with Gasteiger partial charge in [-0.25, -0.2) is 0 Å². The molecule has 144 valence electrons. The maximum absolute atomic E-state index is 5.29. The maximum atomic E-state index is 5.29. The number of rotatable bonds is 8. The molecule has 0 radical (unpaired) electrons. The van der Waals surface area contributed by atoms with Crippen molar-refractivity contribution in [3.63, 3.8) is 0 Å². The summed E-state index contributed by atoms with van der Waals surface area (Å²) in [6.45, 7) is 7.00. The molecule has 2 aliphatic rings. The van der Waals surface area contributed by atoms with E-state index in [0.29, 0.717) is 6.04 Å². The van der Waals surface area contributed by atoms with E-state index in [2.05, 4.69) is 71.3 Å². The molecule has 1 heterocycles. The lowest BCUT2D eigenvalue weighted by Crippen LogP contribution is -2.32. The van der Waals surface area contributed by atoms with Crippen LogP contribution in [0.3, 0.4) is 0 Å². The number of hydrogen-bond acceptors (Lipinski definition) is 3. The van der Waals surface area contributed by atoms with E-state index >= 15 is 0 Å². The van der Waals surface area contributed by atoms with E-state index in [1.165, 1.54) is 43.5 Å². The van der Waals surface area contributed by atoms with E-state index in [-0.39, 0.29) is 0 Å². The molecule has 1 aliphatic heterocycles. The Morgan fingerprint density at radius 2 is 1.74 bits per heavy atom. The molecule has 2 aromatic carbocycles. The second-order valence-corrected chi connectivity index (χ2v) is 8.37. The lowest BCUT2D eigenvalue weighted by molar-refractivity contribution is 0.205. The van der Waals surface area contributed by atoms with E-state index in [1.54, 1.807) is 7.11 Å². The molecule has 2 aromatic rings. The molecule has 2 unspecified atom stereocenters. The van der Waals surface area contributed by atoms with E-state index in [4.69, 9.17) is 4.74 Å². The molecule has 2 atom stereocenters. The van der Waals surface area contributed by atoms with Gasteiger partial charge in [0.25, 0.3) is 0 Å². The van der Waals surface area contributed by atoms with Crippen LogP contribution >= 0.6 is 0 Å². The van der Waals surface area contributed by atoms with Gasteiger partial charge >= 0.3 is 0 Å². The summed E-state index contributed by atoms with van der Waals surface area (Å²) in [5, 5.41) is 0. The Hall–Kier alpha value is -1.84. The Labute approximate surface area is 163 Å². The lowest BCUT2D eigenvalue weighted by Gasteiger charge is -2.26. The van der Waals surface area contributed by atoms with Gasteiger partial charge in [0, 0.05) is 38.3 Å². The summed E-state index contributed by atoms with van der Waals surface area (Å²) in [5.41, 5.74) is 2.83. The summed E-state index contributed by atoms with van der Waals surface area (Å²) >= 11 is 0. The highest BCUT2D eigenvalue weighted by molar-refractivity contribution is 5.27. The smallest absolute Gasteiger partial charge is 0.118 e. The predicted molar refractivity (Wildman–Crippen MR) is 111 cm³/mol. The van der Waals surface area contributed by atoms with Crippen molar-refractivity contribution < 1.29 is 4.74 Å². The molecular formula is C24H32N2O. The first-order valence-electron chi connectivity index (χ1n) is 10.4. The fraction of sp³-hybridized carbons (Fsp3) is 0.500. The zero-order chi connectivity index (χ0) is 18.6. The molecule has 0 amide bonds. The molecule has 0 bridgehead atoms. The molecule has 1 aliphatic carbocycles. The van der Waals surface area contributed by atoms with Crippen LogP contribution in [-0.4, -0.2) is 42.1 Å². The molecular weight excluding hydrogens is 332 g/mol. The first-order valence-corrected chi connectivity index (χ1v) is 10.4. The minimum absolute atomic E-state index is 0.678. The molecule has 2 fully saturated rings. The van der Waals surface area contributed by atoms with Crippen LogP contribution in [0, 0.1) is 5.92 Å². The van der Waals surface area contributed by atoms with Gasteiger partial charge in [0.1, 0.15) is 5.75 Å². The number of benzene rings is 2. The highest BCUT2D eigenvalue weighted by atomic mass is 16.5. The average molecular weight is 365 g/mol. The van der Waals surface area contributed by atoms with Gasteiger partial charge in [-0.3, -0.25) is 9.80 Å². The number of hydrogen-bond donors (Lipinski definition) is 0. The standard InChI is InChI=1S/C24H32N2O/c1-19-14-22(17-25(19)15-20-6-4-3-5-7-20)18-26(23-10-11-23)16-21-8-12-24(27-2)13-9-21/h3-9,12-13,19,22-23H,10-11,14-18H2,1-2H3. The SMILES string of the molecule is COc1ccc(CN(CC2CC(C)N(Cc3ccccc3)C2)C2CC2)cc1. The molecule has 1 saturated carbocycles. The Balaban J connectivity index is 1.34. The molecule has 0 spiro atoms. The molecule has 0 aromatic heterocycles. The van der Waals surface area contributed by atoms with Crippen molar-refractivity contribution in [2.75, 3.05) is 20.2 Å². The minimum atomic E-state index is 0.678. The van der Waals surface area contributed by atoms with Crippen LogP contribution in [0.5, 0.6) is 5.75 Å². The highest BCUT2D eigenvalue weighted by Gasteiger charge is 2.34. The fourth-order valence-electron chi connectivity index (χ4n) is 4.47. The third-order valence-electron chi connectivity index (χ3n) is 6.12. The van der Waals surface area contributed by atoms with Gasteiger partial charge in [0.2, 0.25) is 0 Å². The van der Waals surface area contributed by atoms with Gasteiger partial charge in [-0.2, -0.15) is 0 Å². The molecule has 3 heteroatoms. The topological polar surface area (TPSA) is 15.7 Å². The van der Waals surface area contributed by atoms with E-state index in [0.717, 1.165) is 30.8 Å². The maximum Gasteiger partial charge on any atom is 0.118 e. The monoisotopic (exact) mass is 364 g/mol. The van der Waals surface area contributed by atoms with E-state index in [1.807, 2.05) is 0 Å². The van der Waals surface area contributed by atoms with Gasteiger partial charge in [-0.1, -0.05) is 42.5 Å². The number of likely N-dealkylation sites (tertiary alicyclic amines) is 1. The summed E-state index contributed by atoms with van der Waals surface area (Å²) in [5.74, 6) is 1.72. The first-order chi connectivity index (χ1) is 13.2. The highest BCUT2D eigenvalue weighted by Crippen LogP contribution is 2.32. The predicted octanol–water partition coefficient (Wildman–Crippen LogP) is 4.57. The van der Waals surface area contributed by atoms with Crippen LogP contribution in [0.2, 0.25) is 0 Å². The van der Waals surface area contributed by atoms with Gasteiger partial charge in [0.15, 0.2) is 0 Å². The molecule has 3 nitrogen and oxygen atoms in total. The van der Waals surface area contributed by atoms with Crippen molar-refractivity contribution in [1.29, 1.82) is 0 Å². The summed E-state index contributed by atoms with van der Waals surface area (Å²) in [7, 11) is 1.73. The molecule has 1 saturated heterocycles. The van der Waals surface area contributed by atoms with Gasteiger partial charge in [-0.05, 0) is 55.4 Å². The zero-order valence-corrected chi connectivity index (χ0v) is 16.7. The second kappa shape index (κ2) is 8.45. The van der Waals surface area contributed by atoms with Crippen LogP contribution in [0.25, 0.3) is 0 Å². The summed E-state index contributed by atoms with van der Waals surface area (Å²) in [4.78, 5) is 5.39. The van der Waals surface area contributed by atoms with Crippen LogP contribution in [0.1, 0.15) is 37.3 Å². The molecule has 0 N–H and O–H groups in total. The number of ether oxygens (including phenoxy) is 1. The molecule has 27 heavy (non-hydrogen) atoms. The second-order valence-electron chi connectivity index (χ2n) is 8.37. The first kappa shape index (κ1) is 18.5. The fourth-order valence-corrected chi connectivity index (χ4v) is 4.47. The van der Waals surface area contributed by atoms with Crippen molar-refractivity contribution in [1.82, 2.24) is 9.80 Å². The van der Waals surface area contributed by atoms with Crippen LogP contribution in [-0.2, 0) is 13.1 Å². The zero-order valence-electron chi connectivity index (χ0n) is 16.7. The largest absolute Gasteiger partial charge is 0.497 e. The minimum Gasteiger partial charge on any atom is -0.497 e. The Morgan fingerprint density at radius 3 is 2.41 bits per heavy atom. The third-order valence-corrected chi connectivity index (χ3v) is 6.12. The van der Waals surface area contributed by atoms with Crippen LogP contribution in [0.15, 0.2) is 54.6 Å². The van der Waals surface area contributed by atoms with Gasteiger partial charge in [-0.15, -0.1) is 0 Å². The average Bonchev–Trinajstić information content (AvgIpc) is 3.48. The number of methoxy groups -OCH3 is 1. The third kappa shape index (κ3) is 4.91. The summed E-state index contributed by atoms with van der Waals surface area (Å²) in [6, 6.07) is 21.0. The van der Waals surface area contributed by atoms with Crippen molar-refractivity contribution >= 4 is 0 Å². The van der Waals surface area contributed by atoms with Gasteiger partial charge < -0.3 is 4.74 Å². The van der Waals surface area contributed by atoms with Crippen LogP contribution < -0.4 is 4.74 Å². The summed E-state index contributed by atoms with van der Waals surface area (Å²) < 4.78 is 5.29. The van der Waals surface area contributed by atoms with Crippen molar-refractivity contribution in [3.05, 3.63) is 65.7 Å². The lowest BCUT2D eigenvalue weighted by atomic mass is 10.0. The number of nitrogens with zero attached hydrogens (tertiary/aromatic N) is 2. The normalized spacial score (nSPS) is 23.1. The van der Waals surface area contributed by atoms with Gasteiger partial charge in [0.05, 0.1) is 7.11 Å². The Bertz CT molecular complexity index is 711. The quantitative estimate of drug-likeness (QED) is 0.682. The van der Waals surface area contributed by atoms with Crippen LogP contribution in [0.4, 0.5) is 0 Å². The van der Waals surface area contributed by atoms with E-state index in [9.17, 15) is 0 Å². The van der Waals surface area contributed by atoms with Crippen molar-refractivity contribution in [3.8, 4) is 5.75 Å². The van der Waals surface area contributed by atoms with Crippen molar-refractivity contribution in [2.24, 2.45) is 5.92 Å². The van der Waals surface area contributed by atoms with E-state index < -0.39 is 0 Å². The Morgan fingerprint density at radius 1 is 1.00 bits per heavy atom. The summed E-state index contributed by atoms with van der Waals surface area (Å²) in [6.07, 6.45) is 4.05. The molecule has 4 rings (SSSR count). The Kier molecular flexibility index (Phi) is 5.80.